The number of carbonyl (C=O) groups excluding carboxylic acids is 3. The van der Waals surface area contributed by atoms with Crippen molar-refractivity contribution in [1.82, 2.24) is 4.90 Å². The molecule has 3 rings (SSSR count). The summed E-state index contributed by atoms with van der Waals surface area (Å²) in [5.74, 6) is -0.251. The average molecular weight is 397 g/mol. The summed E-state index contributed by atoms with van der Waals surface area (Å²) >= 11 is 0. The van der Waals surface area contributed by atoms with Crippen LogP contribution in [0.15, 0.2) is 48.5 Å². The fourth-order valence-corrected chi connectivity index (χ4v) is 2.94. The lowest BCUT2D eigenvalue weighted by Crippen LogP contribution is -2.44. The van der Waals surface area contributed by atoms with Gasteiger partial charge < -0.3 is 14.2 Å². The second-order valence-electron chi connectivity index (χ2n) is 6.54. The zero-order valence-corrected chi connectivity index (χ0v) is 16.4. The van der Waals surface area contributed by atoms with Gasteiger partial charge in [0.2, 0.25) is 0 Å². The summed E-state index contributed by atoms with van der Waals surface area (Å²) in [4.78, 5) is 38.1. The Balaban J connectivity index is 1.46. The van der Waals surface area contributed by atoms with E-state index in [4.69, 9.17) is 14.2 Å². The number of benzene rings is 2. The summed E-state index contributed by atoms with van der Waals surface area (Å²) in [5.41, 5.74) is 0.596. The molecule has 0 saturated heterocycles. The first-order valence-corrected chi connectivity index (χ1v) is 9.52. The smallest absolute Gasteiger partial charge is 0.329 e. The zero-order chi connectivity index (χ0) is 20.8. The number of ether oxygens (including phenoxy) is 3. The monoisotopic (exact) mass is 397 g/mol. The third-order valence-corrected chi connectivity index (χ3v) is 4.45. The van der Waals surface area contributed by atoms with Gasteiger partial charge in [0.15, 0.2) is 0 Å². The lowest BCUT2D eigenvalue weighted by atomic mass is 10.1. The summed E-state index contributed by atoms with van der Waals surface area (Å²) in [6.45, 7) is 4.31. The first kappa shape index (κ1) is 20.4. The molecule has 0 bridgehead atoms. The molecule has 0 aliphatic carbocycles. The Morgan fingerprint density at radius 2 is 1.38 bits per heavy atom. The fourth-order valence-electron chi connectivity index (χ4n) is 2.94. The SMILES string of the molecule is CCCOc1ccc(OCCOC(=O)C(C)N2C(=O)c3ccccc3C2=O)cc1. The van der Waals surface area contributed by atoms with Crippen molar-refractivity contribution in [2.75, 3.05) is 19.8 Å². The number of rotatable bonds is 9. The summed E-state index contributed by atoms with van der Waals surface area (Å²) < 4.78 is 16.2. The lowest BCUT2D eigenvalue weighted by Gasteiger charge is -2.20. The molecule has 7 nitrogen and oxygen atoms in total. The van der Waals surface area contributed by atoms with Gasteiger partial charge in [-0.3, -0.25) is 14.5 Å². The molecule has 1 aliphatic rings. The molecule has 1 aliphatic heterocycles. The quantitative estimate of drug-likeness (QED) is 0.367. The van der Waals surface area contributed by atoms with E-state index < -0.39 is 23.8 Å². The predicted octanol–water partition coefficient (Wildman–Crippen LogP) is 3.08. The van der Waals surface area contributed by atoms with Crippen LogP contribution in [0.3, 0.4) is 0 Å². The van der Waals surface area contributed by atoms with Crippen molar-refractivity contribution in [3.8, 4) is 11.5 Å². The van der Waals surface area contributed by atoms with Gasteiger partial charge in [0.05, 0.1) is 17.7 Å². The van der Waals surface area contributed by atoms with Crippen LogP contribution in [0.5, 0.6) is 11.5 Å². The van der Waals surface area contributed by atoms with Crippen LogP contribution in [0.2, 0.25) is 0 Å². The molecule has 1 atom stereocenters. The Kier molecular flexibility index (Phi) is 6.49. The van der Waals surface area contributed by atoms with E-state index in [1.54, 1.807) is 48.5 Å². The van der Waals surface area contributed by atoms with E-state index in [1.165, 1.54) is 6.92 Å². The van der Waals surface area contributed by atoms with Gasteiger partial charge in [-0.05, 0) is 49.7 Å². The Labute approximate surface area is 169 Å². The van der Waals surface area contributed by atoms with Crippen LogP contribution in [0, 0.1) is 0 Å². The maximum absolute atomic E-state index is 12.4. The van der Waals surface area contributed by atoms with Gasteiger partial charge in [-0.1, -0.05) is 19.1 Å². The second kappa shape index (κ2) is 9.23. The van der Waals surface area contributed by atoms with Gasteiger partial charge in [0.25, 0.3) is 11.8 Å². The summed E-state index contributed by atoms with van der Waals surface area (Å²) in [6.07, 6.45) is 0.933. The summed E-state index contributed by atoms with van der Waals surface area (Å²) in [5, 5.41) is 0. The molecule has 1 heterocycles. The van der Waals surface area contributed by atoms with Crippen LogP contribution in [0.4, 0.5) is 0 Å². The molecular formula is C22H23NO6. The third-order valence-electron chi connectivity index (χ3n) is 4.45. The molecule has 1 unspecified atom stereocenters. The average Bonchev–Trinajstić information content (AvgIpc) is 3.00. The minimum absolute atomic E-state index is 0.000425. The Bertz CT molecular complexity index is 857. The highest BCUT2D eigenvalue weighted by Gasteiger charge is 2.41. The van der Waals surface area contributed by atoms with E-state index in [9.17, 15) is 14.4 Å². The van der Waals surface area contributed by atoms with Gasteiger partial charge in [-0.25, -0.2) is 4.79 Å². The number of fused-ring (bicyclic) bond motifs is 1. The Morgan fingerprint density at radius 1 is 0.862 bits per heavy atom. The molecule has 7 heteroatoms. The maximum Gasteiger partial charge on any atom is 0.329 e. The minimum atomic E-state index is -1.02. The molecule has 152 valence electrons. The molecule has 29 heavy (non-hydrogen) atoms. The number of esters is 1. The highest BCUT2D eigenvalue weighted by molar-refractivity contribution is 6.22. The van der Waals surface area contributed by atoms with Crippen molar-refractivity contribution in [3.05, 3.63) is 59.7 Å². The molecule has 0 fully saturated rings. The molecular weight excluding hydrogens is 374 g/mol. The predicted molar refractivity (Wildman–Crippen MR) is 105 cm³/mol. The molecule has 0 radical (unpaired) electrons. The van der Waals surface area contributed by atoms with Gasteiger partial charge >= 0.3 is 5.97 Å². The highest BCUT2D eigenvalue weighted by atomic mass is 16.6. The highest BCUT2D eigenvalue weighted by Crippen LogP contribution is 2.24. The normalized spacial score (nSPS) is 13.8. The van der Waals surface area contributed by atoms with Crippen molar-refractivity contribution in [2.24, 2.45) is 0 Å². The zero-order valence-electron chi connectivity index (χ0n) is 16.4. The van der Waals surface area contributed by atoms with Crippen LogP contribution in [0.25, 0.3) is 0 Å². The molecule has 0 spiro atoms. The van der Waals surface area contributed by atoms with Crippen molar-refractivity contribution in [1.29, 1.82) is 0 Å². The van der Waals surface area contributed by atoms with Crippen molar-refractivity contribution in [3.63, 3.8) is 0 Å². The number of hydrogen-bond acceptors (Lipinski definition) is 6. The lowest BCUT2D eigenvalue weighted by molar-refractivity contribution is -0.148. The molecule has 0 N–H and O–H groups in total. The second-order valence-corrected chi connectivity index (χ2v) is 6.54. The molecule has 0 aromatic heterocycles. The van der Waals surface area contributed by atoms with Gasteiger partial charge in [0, 0.05) is 0 Å². The van der Waals surface area contributed by atoms with E-state index >= 15 is 0 Å². The van der Waals surface area contributed by atoms with E-state index in [2.05, 4.69) is 0 Å². The molecule has 2 amide bonds. The first-order valence-electron chi connectivity index (χ1n) is 9.52. The van der Waals surface area contributed by atoms with E-state index in [0.717, 1.165) is 17.1 Å². The van der Waals surface area contributed by atoms with Crippen LogP contribution in [-0.2, 0) is 9.53 Å². The van der Waals surface area contributed by atoms with Crippen molar-refractivity contribution in [2.45, 2.75) is 26.3 Å². The van der Waals surface area contributed by atoms with Crippen LogP contribution >= 0.6 is 0 Å². The van der Waals surface area contributed by atoms with E-state index in [0.29, 0.717) is 23.5 Å². The van der Waals surface area contributed by atoms with Crippen LogP contribution in [0.1, 0.15) is 41.0 Å². The number of carbonyl (C=O) groups is 3. The summed E-state index contributed by atoms with van der Waals surface area (Å²) in [7, 11) is 0. The van der Waals surface area contributed by atoms with Gasteiger partial charge in [0.1, 0.15) is 30.8 Å². The molecule has 2 aromatic carbocycles. The minimum Gasteiger partial charge on any atom is -0.494 e. The largest absolute Gasteiger partial charge is 0.494 e. The third kappa shape index (κ3) is 4.56. The van der Waals surface area contributed by atoms with Gasteiger partial charge in [-0.15, -0.1) is 0 Å². The standard InChI is InChI=1S/C22H23NO6/c1-3-12-27-16-8-10-17(11-9-16)28-13-14-29-22(26)15(2)23-20(24)18-6-4-5-7-19(18)21(23)25/h4-11,15H,3,12-14H2,1-2H3. The topological polar surface area (TPSA) is 82.1 Å². The maximum atomic E-state index is 12.4. The fraction of sp³-hybridized carbons (Fsp3) is 0.318. The van der Waals surface area contributed by atoms with Crippen LogP contribution < -0.4 is 9.47 Å². The number of imide groups is 1. The Hall–Kier alpha value is -3.35. The summed E-state index contributed by atoms with van der Waals surface area (Å²) in [6, 6.07) is 12.6. The first-order chi connectivity index (χ1) is 14.0. The number of hydrogen-bond donors (Lipinski definition) is 0. The number of nitrogens with zero attached hydrogens (tertiary/aromatic N) is 1. The van der Waals surface area contributed by atoms with E-state index in [-0.39, 0.29) is 13.2 Å². The molecule has 2 aromatic rings. The van der Waals surface area contributed by atoms with Gasteiger partial charge in [-0.2, -0.15) is 0 Å². The van der Waals surface area contributed by atoms with Crippen molar-refractivity contribution < 1.29 is 28.6 Å². The van der Waals surface area contributed by atoms with Crippen molar-refractivity contribution >= 4 is 17.8 Å². The van der Waals surface area contributed by atoms with Crippen LogP contribution in [-0.4, -0.2) is 48.5 Å². The van der Waals surface area contributed by atoms with E-state index in [1.807, 2.05) is 6.92 Å². The molecule has 0 saturated carbocycles. The Morgan fingerprint density at radius 3 is 1.90 bits per heavy atom. The number of amides is 2.